The summed E-state index contributed by atoms with van der Waals surface area (Å²) in [5.41, 5.74) is -0.832. The number of pyridine rings is 1. The Morgan fingerprint density at radius 3 is 2.40 bits per heavy atom. The van der Waals surface area contributed by atoms with Gasteiger partial charge in [0.25, 0.3) is 5.91 Å². The average molecular weight is 282 g/mol. The Morgan fingerprint density at radius 2 is 1.75 bits per heavy atom. The van der Waals surface area contributed by atoms with E-state index in [0.717, 1.165) is 6.20 Å². The number of anilines is 1. The Labute approximate surface area is 111 Å². The predicted octanol–water partition coefficient (Wildman–Crippen LogP) is 2.35. The van der Waals surface area contributed by atoms with Crippen molar-refractivity contribution in [2.45, 2.75) is 6.92 Å². The molecule has 0 atom stereocenters. The Hall–Kier alpha value is -2.57. The molecule has 2 aromatic rings. The van der Waals surface area contributed by atoms with Crippen LogP contribution >= 0.6 is 0 Å². The van der Waals surface area contributed by atoms with Gasteiger partial charge in [0.1, 0.15) is 11.4 Å². The Bertz CT molecular complexity index is 741. The molecule has 1 aromatic carbocycles. The Morgan fingerprint density at radius 1 is 1.10 bits per heavy atom. The van der Waals surface area contributed by atoms with Gasteiger partial charge in [0.2, 0.25) is 0 Å². The zero-order valence-corrected chi connectivity index (χ0v) is 10.3. The second-order valence-electron chi connectivity index (χ2n) is 4.09. The molecule has 0 saturated heterocycles. The van der Waals surface area contributed by atoms with E-state index >= 15 is 0 Å². The number of rotatable bonds is 2. The van der Waals surface area contributed by atoms with Gasteiger partial charge in [-0.15, -0.1) is 0 Å². The Balaban J connectivity index is 2.33. The normalized spacial score (nSPS) is 10.4. The van der Waals surface area contributed by atoms with Crippen LogP contribution in [0.5, 0.6) is 0 Å². The summed E-state index contributed by atoms with van der Waals surface area (Å²) in [5, 5.41) is 2.01. The number of nitrogens with one attached hydrogen (secondary N) is 2. The van der Waals surface area contributed by atoms with Gasteiger partial charge in [-0.05, 0) is 6.92 Å². The first kappa shape index (κ1) is 13.9. The van der Waals surface area contributed by atoms with Gasteiger partial charge in [0.05, 0.1) is 5.69 Å². The van der Waals surface area contributed by atoms with Crippen LogP contribution in [-0.4, -0.2) is 10.9 Å². The maximum absolute atomic E-state index is 13.4. The van der Waals surface area contributed by atoms with Gasteiger partial charge in [-0.2, -0.15) is 0 Å². The van der Waals surface area contributed by atoms with E-state index < -0.39 is 34.5 Å². The lowest BCUT2D eigenvalue weighted by atomic mass is 10.2. The van der Waals surface area contributed by atoms with E-state index in [4.69, 9.17) is 0 Å². The minimum atomic E-state index is -1.37. The molecule has 1 aromatic heterocycles. The number of amides is 1. The lowest BCUT2D eigenvalue weighted by Crippen LogP contribution is -2.22. The van der Waals surface area contributed by atoms with E-state index in [1.807, 2.05) is 5.32 Å². The summed E-state index contributed by atoms with van der Waals surface area (Å²) in [6, 6.07) is 2.01. The first-order valence-electron chi connectivity index (χ1n) is 5.53. The summed E-state index contributed by atoms with van der Waals surface area (Å²) < 4.78 is 39.1. The molecule has 7 heteroatoms. The smallest absolute Gasteiger partial charge is 0.261 e. The van der Waals surface area contributed by atoms with E-state index in [0.29, 0.717) is 17.8 Å². The number of benzene rings is 1. The van der Waals surface area contributed by atoms with E-state index in [-0.39, 0.29) is 5.56 Å². The van der Waals surface area contributed by atoms with Crippen LogP contribution in [0.2, 0.25) is 0 Å². The van der Waals surface area contributed by atoms with Crippen molar-refractivity contribution in [3.8, 4) is 0 Å². The summed E-state index contributed by atoms with van der Waals surface area (Å²) in [6.45, 7) is 1.62. The molecule has 0 saturated carbocycles. The molecular formula is C13H9F3N2O2. The molecule has 2 rings (SSSR count). The van der Waals surface area contributed by atoms with E-state index in [1.165, 1.54) is 6.07 Å². The van der Waals surface area contributed by atoms with Gasteiger partial charge >= 0.3 is 0 Å². The lowest BCUT2D eigenvalue weighted by molar-refractivity contribution is 0.102. The predicted molar refractivity (Wildman–Crippen MR) is 66.1 cm³/mol. The summed E-state index contributed by atoms with van der Waals surface area (Å²) in [5.74, 6) is -4.73. The number of aromatic nitrogens is 1. The fraction of sp³-hybridized carbons (Fsp3) is 0.0769. The number of halogens is 3. The van der Waals surface area contributed by atoms with Gasteiger partial charge in [0.15, 0.2) is 17.1 Å². The molecule has 0 fully saturated rings. The largest absolute Gasteiger partial charge is 0.364 e. The summed E-state index contributed by atoms with van der Waals surface area (Å²) in [7, 11) is 0. The van der Waals surface area contributed by atoms with Gasteiger partial charge in [-0.3, -0.25) is 9.59 Å². The molecule has 20 heavy (non-hydrogen) atoms. The minimum Gasteiger partial charge on any atom is -0.364 e. The van der Waals surface area contributed by atoms with Crippen LogP contribution in [0.3, 0.4) is 0 Å². The number of aromatic amines is 1. The Kier molecular flexibility index (Phi) is 3.60. The first-order valence-corrected chi connectivity index (χ1v) is 5.53. The van der Waals surface area contributed by atoms with Crippen LogP contribution in [0.15, 0.2) is 29.2 Å². The first-order chi connectivity index (χ1) is 9.38. The van der Waals surface area contributed by atoms with Crippen molar-refractivity contribution in [1.82, 2.24) is 4.98 Å². The number of carbonyl (C=O) groups is 1. The van der Waals surface area contributed by atoms with Crippen LogP contribution in [0.25, 0.3) is 0 Å². The van der Waals surface area contributed by atoms with Crippen LogP contribution in [-0.2, 0) is 0 Å². The molecule has 0 radical (unpaired) electrons. The monoisotopic (exact) mass is 282 g/mol. The molecular weight excluding hydrogens is 273 g/mol. The molecule has 4 nitrogen and oxygen atoms in total. The zero-order valence-electron chi connectivity index (χ0n) is 10.3. The molecule has 0 spiro atoms. The highest BCUT2D eigenvalue weighted by Crippen LogP contribution is 2.18. The van der Waals surface area contributed by atoms with Gasteiger partial charge in [0, 0.05) is 30.1 Å². The second kappa shape index (κ2) is 5.20. The number of carbonyl (C=O) groups excluding carboxylic acids is 1. The molecule has 1 amide bonds. The van der Waals surface area contributed by atoms with Crippen molar-refractivity contribution < 1.29 is 18.0 Å². The van der Waals surface area contributed by atoms with Crippen LogP contribution < -0.4 is 10.7 Å². The third-order valence-electron chi connectivity index (χ3n) is 2.56. The van der Waals surface area contributed by atoms with Crippen molar-refractivity contribution in [3.05, 3.63) is 63.3 Å². The van der Waals surface area contributed by atoms with Gasteiger partial charge in [-0.25, -0.2) is 13.2 Å². The average Bonchev–Trinajstić information content (AvgIpc) is 2.35. The van der Waals surface area contributed by atoms with Crippen LogP contribution in [0.4, 0.5) is 18.9 Å². The van der Waals surface area contributed by atoms with Crippen molar-refractivity contribution in [1.29, 1.82) is 0 Å². The molecule has 1 heterocycles. The highest BCUT2D eigenvalue weighted by atomic mass is 19.2. The van der Waals surface area contributed by atoms with E-state index in [2.05, 4.69) is 4.98 Å². The summed E-state index contributed by atoms with van der Waals surface area (Å²) >= 11 is 0. The lowest BCUT2D eigenvalue weighted by Gasteiger charge is -2.07. The molecule has 0 unspecified atom stereocenters. The van der Waals surface area contributed by atoms with Crippen molar-refractivity contribution in [2.24, 2.45) is 0 Å². The van der Waals surface area contributed by atoms with E-state index in [9.17, 15) is 22.8 Å². The topological polar surface area (TPSA) is 62.0 Å². The van der Waals surface area contributed by atoms with Crippen molar-refractivity contribution in [2.75, 3.05) is 5.32 Å². The molecule has 0 aliphatic rings. The SMILES string of the molecule is Cc1cc(=O)c(C(=O)Nc2cc(F)c(F)cc2F)c[nH]1. The van der Waals surface area contributed by atoms with Crippen LogP contribution in [0, 0.1) is 24.4 Å². The maximum atomic E-state index is 13.4. The fourth-order valence-corrected chi connectivity index (χ4v) is 1.56. The highest BCUT2D eigenvalue weighted by molar-refractivity contribution is 6.04. The van der Waals surface area contributed by atoms with E-state index in [1.54, 1.807) is 6.92 Å². The van der Waals surface area contributed by atoms with Gasteiger partial charge < -0.3 is 10.3 Å². The highest BCUT2D eigenvalue weighted by Gasteiger charge is 2.15. The minimum absolute atomic E-state index is 0.264. The third-order valence-corrected chi connectivity index (χ3v) is 2.56. The van der Waals surface area contributed by atoms with Crippen molar-refractivity contribution in [3.63, 3.8) is 0 Å². The summed E-state index contributed by atoms with van der Waals surface area (Å²) in [6.07, 6.45) is 1.16. The summed E-state index contributed by atoms with van der Waals surface area (Å²) in [4.78, 5) is 26.0. The number of H-pyrrole nitrogens is 1. The number of hydrogen-bond donors (Lipinski definition) is 2. The van der Waals surface area contributed by atoms with Gasteiger partial charge in [-0.1, -0.05) is 0 Å². The molecule has 104 valence electrons. The fourth-order valence-electron chi connectivity index (χ4n) is 1.56. The molecule has 2 N–H and O–H groups in total. The molecule has 0 aliphatic carbocycles. The molecule has 0 aliphatic heterocycles. The number of hydrogen-bond acceptors (Lipinski definition) is 2. The standard InChI is InChI=1S/C13H9F3N2O2/c1-6-2-12(19)7(5-17-6)13(20)18-11-4-9(15)8(14)3-10(11)16/h2-5H,1H3,(H,17,19)(H,18,20). The number of aryl methyl sites for hydroxylation is 1. The second-order valence-corrected chi connectivity index (χ2v) is 4.09. The third kappa shape index (κ3) is 2.71. The zero-order chi connectivity index (χ0) is 14.9. The molecule has 0 bridgehead atoms. The van der Waals surface area contributed by atoms with Crippen LogP contribution in [0.1, 0.15) is 16.1 Å². The maximum Gasteiger partial charge on any atom is 0.261 e. The quantitative estimate of drug-likeness (QED) is 0.831. The van der Waals surface area contributed by atoms with Crippen molar-refractivity contribution >= 4 is 11.6 Å².